The van der Waals surface area contributed by atoms with Crippen LogP contribution in [0.4, 0.5) is 0 Å². The number of carbonyl (C=O) groups is 1. The summed E-state index contributed by atoms with van der Waals surface area (Å²) in [4.78, 5) is 44.1. The second-order valence-electron chi connectivity index (χ2n) is 7.57. The molecule has 1 amide bonds. The lowest BCUT2D eigenvalue weighted by Gasteiger charge is -2.31. The smallest absolute Gasteiger partial charge is 0.328 e. The van der Waals surface area contributed by atoms with Gasteiger partial charge in [0.1, 0.15) is 18.1 Å². The quantitative estimate of drug-likeness (QED) is 0.643. The van der Waals surface area contributed by atoms with E-state index in [0.29, 0.717) is 25.4 Å². The van der Waals surface area contributed by atoms with Gasteiger partial charge in [-0.15, -0.1) is 0 Å². The highest BCUT2D eigenvalue weighted by molar-refractivity contribution is 5.76. The summed E-state index contributed by atoms with van der Waals surface area (Å²) in [5.74, 6) is 1.97. The molecule has 1 atom stereocenters. The standard InChI is InChI=1S/C22H24N4O5/c1-30-18-7-3-2-5-15(18)11-17-12-23-21(31-17)16-6-4-9-25(13-16)20(28)14-26-10-8-19(27)24-22(26)29/h2-3,5,7-8,10,12,16H,4,6,9,11,13-14H2,1H3,(H,24,27,29)/t16-/m0/s1. The molecule has 1 aliphatic heterocycles. The van der Waals surface area contributed by atoms with Gasteiger partial charge < -0.3 is 14.1 Å². The number of H-pyrrole nitrogens is 1. The number of amides is 1. The first kappa shape index (κ1) is 20.6. The molecule has 9 heteroatoms. The van der Waals surface area contributed by atoms with Crippen molar-refractivity contribution >= 4 is 5.91 Å². The van der Waals surface area contributed by atoms with Crippen molar-refractivity contribution in [2.45, 2.75) is 31.7 Å². The highest BCUT2D eigenvalue weighted by atomic mass is 16.5. The molecule has 0 saturated carbocycles. The molecule has 162 valence electrons. The molecule has 1 fully saturated rings. The van der Waals surface area contributed by atoms with Gasteiger partial charge in [-0.1, -0.05) is 18.2 Å². The van der Waals surface area contributed by atoms with Crippen LogP contribution in [-0.4, -0.2) is 45.5 Å². The molecule has 4 rings (SSSR count). The molecule has 3 aromatic rings. The largest absolute Gasteiger partial charge is 0.496 e. The zero-order chi connectivity index (χ0) is 21.8. The summed E-state index contributed by atoms with van der Waals surface area (Å²) < 4.78 is 12.6. The van der Waals surface area contributed by atoms with Crippen LogP contribution in [0.15, 0.2) is 56.7 Å². The second-order valence-corrected chi connectivity index (χ2v) is 7.57. The summed E-state index contributed by atoms with van der Waals surface area (Å²) >= 11 is 0. The summed E-state index contributed by atoms with van der Waals surface area (Å²) in [6, 6.07) is 8.99. The van der Waals surface area contributed by atoms with Gasteiger partial charge in [-0.2, -0.15) is 0 Å². The van der Waals surface area contributed by atoms with Gasteiger partial charge in [0.15, 0.2) is 5.89 Å². The number of nitrogens with one attached hydrogen (secondary N) is 1. The minimum Gasteiger partial charge on any atom is -0.496 e. The minimum absolute atomic E-state index is 0.00331. The van der Waals surface area contributed by atoms with Crippen molar-refractivity contribution in [3.05, 3.63) is 80.8 Å². The van der Waals surface area contributed by atoms with Crippen LogP contribution in [0.2, 0.25) is 0 Å². The average molecular weight is 424 g/mol. The second kappa shape index (κ2) is 9.03. The Kier molecular flexibility index (Phi) is 6.01. The lowest BCUT2D eigenvalue weighted by atomic mass is 9.98. The SMILES string of the molecule is COc1ccccc1Cc1cnc([C@H]2CCCN(C(=O)Cn3ccc(=O)[nH]c3=O)C2)o1. The van der Waals surface area contributed by atoms with Crippen molar-refractivity contribution in [3.8, 4) is 5.75 Å². The number of piperidine rings is 1. The van der Waals surface area contributed by atoms with Crippen molar-refractivity contribution in [1.29, 1.82) is 0 Å². The number of ether oxygens (including phenoxy) is 1. The fraction of sp³-hybridized carbons (Fsp3) is 0.364. The van der Waals surface area contributed by atoms with Gasteiger partial charge in [0.05, 0.1) is 19.2 Å². The molecule has 0 bridgehead atoms. The molecule has 1 aromatic carbocycles. The van der Waals surface area contributed by atoms with Gasteiger partial charge >= 0.3 is 5.69 Å². The molecule has 0 aliphatic carbocycles. The number of hydrogen-bond donors (Lipinski definition) is 1. The lowest BCUT2D eigenvalue weighted by molar-refractivity contribution is -0.133. The number of rotatable bonds is 6. The third-order valence-electron chi connectivity index (χ3n) is 5.45. The zero-order valence-electron chi connectivity index (χ0n) is 17.2. The maximum atomic E-state index is 12.7. The zero-order valence-corrected chi connectivity index (χ0v) is 17.2. The molecule has 1 N–H and O–H groups in total. The first-order chi connectivity index (χ1) is 15.0. The number of para-hydroxylation sites is 1. The Morgan fingerprint density at radius 3 is 2.94 bits per heavy atom. The molecule has 0 spiro atoms. The number of methoxy groups -OCH3 is 1. The number of hydrogen-bond acceptors (Lipinski definition) is 6. The molecule has 1 aliphatic rings. The number of carbonyl (C=O) groups excluding carboxylic acids is 1. The van der Waals surface area contributed by atoms with E-state index in [2.05, 4.69) is 9.97 Å². The minimum atomic E-state index is -0.594. The monoisotopic (exact) mass is 424 g/mol. The van der Waals surface area contributed by atoms with Gasteiger partial charge in [0.25, 0.3) is 5.56 Å². The fourth-order valence-electron chi connectivity index (χ4n) is 3.85. The average Bonchev–Trinajstić information content (AvgIpc) is 3.25. The topological polar surface area (TPSA) is 110 Å². The predicted octanol–water partition coefficient (Wildman–Crippen LogP) is 1.53. The Morgan fingerprint density at radius 1 is 1.29 bits per heavy atom. The van der Waals surface area contributed by atoms with E-state index in [4.69, 9.17) is 9.15 Å². The molecule has 2 aromatic heterocycles. The fourth-order valence-corrected chi connectivity index (χ4v) is 3.85. The van der Waals surface area contributed by atoms with Crippen LogP contribution >= 0.6 is 0 Å². The van der Waals surface area contributed by atoms with E-state index in [1.807, 2.05) is 24.3 Å². The van der Waals surface area contributed by atoms with E-state index in [0.717, 1.165) is 29.9 Å². The van der Waals surface area contributed by atoms with Crippen LogP contribution in [0, 0.1) is 0 Å². The van der Waals surface area contributed by atoms with Gasteiger partial charge in [0, 0.05) is 37.3 Å². The van der Waals surface area contributed by atoms with Crippen LogP contribution in [0.5, 0.6) is 5.75 Å². The van der Waals surface area contributed by atoms with E-state index >= 15 is 0 Å². The van der Waals surface area contributed by atoms with E-state index in [-0.39, 0.29) is 18.4 Å². The predicted molar refractivity (Wildman–Crippen MR) is 112 cm³/mol. The maximum absolute atomic E-state index is 12.7. The first-order valence-corrected chi connectivity index (χ1v) is 10.2. The van der Waals surface area contributed by atoms with Crippen molar-refractivity contribution < 1.29 is 13.9 Å². The molecular weight excluding hydrogens is 400 g/mol. The van der Waals surface area contributed by atoms with E-state index in [9.17, 15) is 14.4 Å². The molecule has 0 unspecified atom stereocenters. The number of aromatic amines is 1. The molecule has 0 radical (unpaired) electrons. The summed E-state index contributed by atoms with van der Waals surface area (Å²) in [6.07, 6.45) is 5.32. The van der Waals surface area contributed by atoms with Crippen molar-refractivity contribution in [1.82, 2.24) is 19.4 Å². The van der Waals surface area contributed by atoms with Crippen LogP contribution in [-0.2, 0) is 17.8 Å². The lowest BCUT2D eigenvalue weighted by Crippen LogP contribution is -2.42. The van der Waals surface area contributed by atoms with E-state index in [1.54, 1.807) is 18.2 Å². The maximum Gasteiger partial charge on any atom is 0.328 e. The third-order valence-corrected chi connectivity index (χ3v) is 5.45. The van der Waals surface area contributed by atoms with Gasteiger partial charge in [-0.25, -0.2) is 9.78 Å². The molecule has 1 saturated heterocycles. The van der Waals surface area contributed by atoms with Crippen LogP contribution in [0.25, 0.3) is 0 Å². The summed E-state index contributed by atoms with van der Waals surface area (Å²) in [5.41, 5.74) is -0.0675. The number of nitrogens with zero attached hydrogens (tertiary/aromatic N) is 3. The Labute approximate surface area is 178 Å². The van der Waals surface area contributed by atoms with Crippen LogP contribution in [0.1, 0.15) is 36.0 Å². The van der Waals surface area contributed by atoms with Crippen molar-refractivity contribution in [2.24, 2.45) is 0 Å². The van der Waals surface area contributed by atoms with Gasteiger partial charge in [-0.3, -0.25) is 19.1 Å². The Balaban J connectivity index is 1.42. The molecule has 31 heavy (non-hydrogen) atoms. The van der Waals surface area contributed by atoms with Gasteiger partial charge in [-0.05, 0) is 18.9 Å². The summed E-state index contributed by atoms with van der Waals surface area (Å²) in [6.45, 7) is 0.973. The number of aromatic nitrogens is 3. The highest BCUT2D eigenvalue weighted by Gasteiger charge is 2.28. The van der Waals surface area contributed by atoms with Crippen molar-refractivity contribution in [3.63, 3.8) is 0 Å². The Morgan fingerprint density at radius 2 is 2.13 bits per heavy atom. The van der Waals surface area contributed by atoms with Crippen LogP contribution < -0.4 is 16.0 Å². The van der Waals surface area contributed by atoms with E-state index < -0.39 is 11.2 Å². The van der Waals surface area contributed by atoms with Crippen LogP contribution in [0.3, 0.4) is 0 Å². The number of benzene rings is 1. The normalized spacial score (nSPS) is 16.3. The van der Waals surface area contributed by atoms with E-state index in [1.165, 1.54) is 16.8 Å². The Bertz CT molecular complexity index is 1180. The summed E-state index contributed by atoms with van der Waals surface area (Å²) in [5, 5.41) is 0. The third kappa shape index (κ3) is 4.76. The first-order valence-electron chi connectivity index (χ1n) is 10.2. The van der Waals surface area contributed by atoms with Gasteiger partial charge in [0.2, 0.25) is 5.91 Å². The summed E-state index contributed by atoms with van der Waals surface area (Å²) in [7, 11) is 1.64. The Hall–Kier alpha value is -3.62. The number of likely N-dealkylation sites (tertiary alicyclic amines) is 1. The molecule has 3 heterocycles. The molecule has 9 nitrogen and oxygen atoms in total. The van der Waals surface area contributed by atoms with Crippen molar-refractivity contribution in [2.75, 3.05) is 20.2 Å². The molecular formula is C22H24N4O5. The number of oxazole rings is 1. The highest BCUT2D eigenvalue weighted by Crippen LogP contribution is 2.28.